The normalized spacial score (nSPS) is 11.3. The Balaban J connectivity index is 1.76. The molecule has 3 heterocycles. The summed E-state index contributed by atoms with van der Waals surface area (Å²) in [6.45, 7) is 3.59. The fourth-order valence-corrected chi connectivity index (χ4v) is 3.87. The minimum atomic E-state index is -0.292. The average molecular weight is 430 g/mol. The van der Waals surface area contributed by atoms with Gasteiger partial charge in [-0.25, -0.2) is 9.67 Å². The van der Waals surface area contributed by atoms with Crippen molar-refractivity contribution in [1.29, 1.82) is 0 Å². The molecule has 3 aromatic heterocycles. The lowest BCUT2D eigenvalue weighted by Gasteiger charge is -2.13. The van der Waals surface area contributed by atoms with E-state index in [2.05, 4.69) is 20.3 Å². The smallest absolute Gasteiger partial charge is 0.269 e. The van der Waals surface area contributed by atoms with E-state index in [1.165, 1.54) is 15.4 Å². The Morgan fingerprint density at radius 2 is 2.10 bits per heavy atom. The number of aryl methyl sites for hydroxylation is 2. The highest BCUT2D eigenvalue weighted by Gasteiger charge is 2.18. The Kier molecular flexibility index (Phi) is 4.89. The zero-order chi connectivity index (χ0) is 20.7. The second kappa shape index (κ2) is 7.37. The second-order valence-electron chi connectivity index (χ2n) is 6.41. The molecule has 0 radical (unpaired) electrons. The molecule has 4 aromatic rings. The van der Waals surface area contributed by atoms with Crippen LogP contribution in [0.2, 0.25) is 5.02 Å². The number of benzene rings is 1. The summed E-state index contributed by atoms with van der Waals surface area (Å²) in [6, 6.07) is 6.85. The van der Waals surface area contributed by atoms with Gasteiger partial charge in [-0.3, -0.25) is 19.3 Å². The lowest BCUT2D eigenvalue weighted by atomic mass is 10.2. The first-order valence-electron chi connectivity index (χ1n) is 8.56. The van der Waals surface area contributed by atoms with Crippen molar-refractivity contribution in [3.8, 4) is 5.69 Å². The van der Waals surface area contributed by atoms with Crippen molar-refractivity contribution in [2.24, 2.45) is 0 Å². The lowest BCUT2D eigenvalue weighted by molar-refractivity contribution is 0.0924. The van der Waals surface area contributed by atoms with Crippen LogP contribution in [0.4, 0.5) is 5.82 Å². The van der Waals surface area contributed by atoms with Crippen molar-refractivity contribution >= 4 is 46.1 Å². The van der Waals surface area contributed by atoms with Gasteiger partial charge in [-0.2, -0.15) is 5.10 Å². The predicted octanol–water partition coefficient (Wildman–Crippen LogP) is 2.59. The highest BCUT2D eigenvalue weighted by Crippen LogP contribution is 2.24. The number of fused-ring (bicyclic) bond motifs is 1. The number of aromatic amines is 1. The summed E-state index contributed by atoms with van der Waals surface area (Å²) in [7, 11) is 0. The van der Waals surface area contributed by atoms with Gasteiger partial charge in [0.1, 0.15) is 11.2 Å². The van der Waals surface area contributed by atoms with Gasteiger partial charge in [0.15, 0.2) is 10.8 Å². The molecule has 0 spiro atoms. The first-order valence-corrected chi connectivity index (χ1v) is 9.92. The molecular weight excluding hydrogens is 414 g/mol. The van der Waals surface area contributed by atoms with E-state index in [1.54, 1.807) is 31.2 Å². The summed E-state index contributed by atoms with van der Waals surface area (Å²) in [5, 5.41) is 11.9. The number of nitrogens with one attached hydrogen (secondary N) is 1. The van der Waals surface area contributed by atoms with Crippen LogP contribution in [-0.4, -0.2) is 41.2 Å². The zero-order valence-electron chi connectivity index (χ0n) is 15.5. The lowest BCUT2D eigenvalue weighted by Crippen LogP contribution is -2.23. The standard InChI is InChI=1S/C18H16ClN7O2S/c1-9-5-11(3-4-13(9)19)25-17(28)12-7-21-23-16(12)22-18(25)29-8-15(27)26-10(2)6-14(20)24-26/h3-7H,8H2,1-2H3,(H2,20,24)(H,21,23). The average Bonchev–Trinajstić information content (AvgIpc) is 3.28. The number of carbonyl (C=O) groups is 1. The molecular formula is C18H16ClN7O2S. The Morgan fingerprint density at radius 1 is 1.31 bits per heavy atom. The Labute approximate surface area is 173 Å². The van der Waals surface area contributed by atoms with Gasteiger partial charge in [0.25, 0.3) is 11.5 Å². The fourth-order valence-electron chi connectivity index (χ4n) is 2.90. The number of hydrogen-bond donors (Lipinski definition) is 2. The number of carbonyl (C=O) groups excluding carboxylic acids is 1. The van der Waals surface area contributed by atoms with Crippen molar-refractivity contribution in [2.45, 2.75) is 19.0 Å². The van der Waals surface area contributed by atoms with Crippen molar-refractivity contribution < 1.29 is 4.79 Å². The molecule has 9 nitrogen and oxygen atoms in total. The van der Waals surface area contributed by atoms with Gasteiger partial charge < -0.3 is 5.73 Å². The van der Waals surface area contributed by atoms with E-state index >= 15 is 0 Å². The molecule has 0 saturated carbocycles. The van der Waals surface area contributed by atoms with Crippen molar-refractivity contribution in [1.82, 2.24) is 29.5 Å². The predicted molar refractivity (Wildman–Crippen MR) is 112 cm³/mol. The van der Waals surface area contributed by atoms with E-state index in [9.17, 15) is 9.59 Å². The molecule has 0 bridgehead atoms. The number of H-pyrrole nitrogens is 1. The van der Waals surface area contributed by atoms with Gasteiger partial charge in [-0.05, 0) is 37.6 Å². The summed E-state index contributed by atoms with van der Waals surface area (Å²) >= 11 is 7.25. The molecule has 0 atom stereocenters. The zero-order valence-corrected chi connectivity index (χ0v) is 17.1. The van der Waals surface area contributed by atoms with Crippen molar-refractivity contribution in [3.63, 3.8) is 0 Å². The van der Waals surface area contributed by atoms with E-state index in [4.69, 9.17) is 17.3 Å². The molecule has 0 fully saturated rings. The quantitative estimate of drug-likeness (QED) is 0.377. The maximum absolute atomic E-state index is 13.1. The van der Waals surface area contributed by atoms with Gasteiger partial charge >= 0.3 is 0 Å². The van der Waals surface area contributed by atoms with Crippen LogP contribution in [0.3, 0.4) is 0 Å². The van der Waals surface area contributed by atoms with Crippen LogP contribution in [0.5, 0.6) is 0 Å². The van der Waals surface area contributed by atoms with Crippen LogP contribution in [-0.2, 0) is 0 Å². The largest absolute Gasteiger partial charge is 0.382 e. The molecule has 0 aliphatic rings. The van der Waals surface area contributed by atoms with Gasteiger partial charge in [0.2, 0.25) is 0 Å². The van der Waals surface area contributed by atoms with Crippen LogP contribution < -0.4 is 11.3 Å². The number of nitrogens with two attached hydrogens (primary N) is 1. The minimum Gasteiger partial charge on any atom is -0.382 e. The van der Waals surface area contributed by atoms with Crippen LogP contribution in [0, 0.1) is 13.8 Å². The van der Waals surface area contributed by atoms with E-state index < -0.39 is 0 Å². The second-order valence-corrected chi connectivity index (χ2v) is 7.76. The Hall–Kier alpha value is -3.11. The molecule has 0 saturated heterocycles. The Morgan fingerprint density at radius 3 is 2.79 bits per heavy atom. The van der Waals surface area contributed by atoms with Gasteiger partial charge in [-0.15, -0.1) is 5.10 Å². The van der Waals surface area contributed by atoms with Crippen molar-refractivity contribution in [2.75, 3.05) is 11.5 Å². The van der Waals surface area contributed by atoms with Crippen LogP contribution in [0.1, 0.15) is 16.1 Å². The third-order valence-corrected chi connectivity index (χ3v) is 5.67. The van der Waals surface area contributed by atoms with Crippen LogP contribution >= 0.6 is 23.4 Å². The fraction of sp³-hybridized carbons (Fsp3) is 0.167. The molecule has 29 heavy (non-hydrogen) atoms. The monoisotopic (exact) mass is 429 g/mol. The molecule has 0 unspecified atom stereocenters. The van der Waals surface area contributed by atoms with E-state index in [1.807, 2.05) is 6.92 Å². The molecule has 0 amide bonds. The number of thioether (sulfide) groups is 1. The van der Waals surface area contributed by atoms with E-state index in [-0.39, 0.29) is 23.0 Å². The summed E-state index contributed by atoms with van der Waals surface area (Å²) in [5.41, 5.74) is 7.76. The number of hydrogen-bond acceptors (Lipinski definition) is 7. The third kappa shape index (κ3) is 3.52. The third-order valence-electron chi connectivity index (χ3n) is 4.32. The molecule has 4 rings (SSSR count). The van der Waals surface area contributed by atoms with Crippen LogP contribution in [0.25, 0.3) is 16.7 Å². The maximum Gasteiger partial charge on any atom is 0.269 e. The maximum atomic E-state index is 13.1. The first kappa shape index (κ1) is 19.2. The molecule has 1 aromatic carbocycles. The first-order chi connectivity index (χ1) is 13.8. The molecule has 3 N–H and O–H groups in total. The highest BCUT2D eigenvalue weighted by molar-refractivity contribution is 7.99. The van der Waals surface area contributed by atoms with Gasteiger partial charge in [-0.1, -0.05) is 23.4 Å². The summed E-state index contributed by atoms with van der Waals surface area (Å²) in [5.74, 6) is 0.00838. The summed E-state index contributed by atoms with van der Waals surface area (Å²) < 4.78 is 2.69. The van der Waals surface area contributed by atoms with Crippen LogP contribution in [0.15, 0.2) is 40.4 Å². The topological polar surface area (TPSA) is 124 Å². The highest BCUT2D eigenvalue weighted by atomic mass is 35.5. The summed E-state index contributed by atoms with van der Waals surface area (Å²) in [6.07, 6.45) is 1.43. The molecule has 0 aliphatic carbocycles. The van der Waals surface area contributed by atoms with Gasteiger partial charge in [0, 0.05) is 16.8 Å². The number of nitrogens with zero attached hydrogens (tertiary/aromatic N) is 5. The number of nitrogen functional groups attached to an aromatic ring is 1. The molecule has 11 heteroatoms. The Bertz CT molecular complexity index is 1310. The van der Waals surface area contributed by atoms with E-state index in [0.29, 0.717) is 32.6 Å². The molecule has 0 aliphatic heterocycles. The number of anilines is 1. The van der Waals surface area contributed by atoms with E-state index in [0.717, 1.165) is 17.3 Å². The minimum absolute atomic E-state index is 0.0145. The SMILES string of the molecule is Cc1cc(-n2c(SCC(=O)n3nc(N)cc3C)nc3[nH]ncc3c2=O)ccc1Cl. The van der Waals surface area contributed by atoms with Gasteiger partial charge in [0.05, 0.1) is 17.6 Å². The number of halogens is 1. The summed E-state index contributed by atoms with van der Waals surface area (Å²) in [4.78, 5) is 30.1. The number of rotatable bonds is 4. The molecule has 148 valence electrons. The van der Waals surface area contributed by atoms with Crippen molar-refractivity contribution in [3.05, 3.63) is 57.1 Å². The number of aromatic nitrogens is 6.